The van der Waals surface area contributed by atoms with Crippen LogP contribution in [-0.4, -0.2) is 13.5 Å². The molecule has 4 fully saturated rings. The van der Waals surface area contributed by atoms with Crippen LogP contribution in [0.4, 0.5) is 0 Å². The van der Waals surface area contributed by atoms with Crippen molar-refractivity contribution in [3.8, 4) is 5.75 Å². The van der Waals surface area contributed by atoms with Gasteiger partial charge in [-0.1, -0.05) is 6.07 Å². The maximum atomic E-state index is 11.8. The molecule has 4 aliphatic rings. The molecule has 0 heterocycles. The summed E-state index contributed by atoms with van der Waals surface area (Å²) in [5, 5.41) is 15.9. The van der Waals surface area contributed by atoms with Gasteiger partial charge >= 0.3 is 0 Å². The highest BCUT2D eigenvalue weighted by Crippen LogP contribution is 2.62. The zero-order valence-electron chi connectivity index (χ0n) is 12.9. The molecule has 0 spiro atoms. The molecule has 0 radical (unpaired) electrons. The number of phenols is 1. The molecule has 4 bridgehead atoms. The van der Waals surface area contributed by atoms with Gasteiger partial charge < -0.3 is 5.11 Å². The predicted molar refractivity (Wildman–Crippen MR) is 84.1 cm³/mol. The first kappa shape index (κ1) is 14.5. The summed E-state index contributed by atoms with van der Waals surface area (Å²) in [6.07, 6.45) is 7.19. The number of hydrogen-bond donors (Lipinski definition) is 2. The van der Waals surface area contributed by atoms with Crippen LogP contribution in [0.2, 0.25) is 0 Å². The highest BCUT2D eigenvalue weighted by atomic mass is 32.2. The molecule has 0 atom stereocenters. The normalized spacial score (nSPS) is 36.7. The number of benzene rings is 1. The van der Waals surface area contributed by atoms with Crippen molar-refractivity contribution in [2.24, 2.45) is 22.9 Å². The van der Waals surface area contributed by atoms with Crippen molar-refractivity contribution >= 4 is 10.0 Å². The number of nitrogens with two attached hydrogens (primary N) is 1. The Kier molecular flexibility index (Phi) is 2.96. The number of rotatable bonds is 2. The summed E-state index contributed by atoms with van der Waals surface area (Å²) in [6, 6.07) is 3.46. The SMILES string of the molecule is Cc1cc(C23CC4CC(CC(C4)C2)C3)c(O)c(S(N)(=O)=O)c1. The third-order valence-electron chi connectivity index (χ3n) is 6.14. The lowest BCUT2D eigenvalue weighted by Crippen LogP contribution is -2.48. The summed E-state index contributed by atoms with van der Waals surface area (Å²) in [7, 11) is -3.90. The third-order valence-corrected chi connectivity index (χ3v) is 7.06. The fourth-order valence-electron chi connectivity index (χ4n) is 5.81. The molecule has 22 heavy (non-hydrogen) atoms. The van der Waals surface area contributed by atoms with Crippen LogP contribution < -0.4 is 5.14 Å². The van der Waals surface area contributed by atoms with Crippen LogP contribution in [0.5, 0.6) is 5.75 Å². The Labute approximate surface area is 131 Å². The molecule has 5 heteroatoms. The van der Waals surface area contributed by atoms with Gasteiger partial charge in [-0.15, -0.1) is 0 Å². The Bertz CT molecular complexity index is 703. The summed E-state index contributed by atoms with van der Waals surface area (Å²) in [4.78, 5) is -0.113. The topological polar surface area (TPSA) is 80.4 Å². The molecule has 4 saturated carbocycles. The van der Waals surface area contributed by atoms with Gasteiger partial charge in [0.25, 0.3) is 0 Å². The number of hydrogen-bond acceptors (Lipinski definition) is 3. The van der Waals surface area contributed by atoms with Gasteiger partial charge in [-0.2, -0.15) is 0 Å². The molecule has 0 amide bonds. The summed E-state index contributed by atoms with van der Waals surface area (Å²) < 4.78 is 23.6. The van der Waals surface area contributed by atoms with E-state index in [9.17, 15) is 13.5 Å². The average molecular weight is 321 g/mol. The van der Waals surface area contributed by atoms with Gasteiger partial charge in [-0.3, -0.25) is 0 Å². The predicted octanol–water partition coefficient (Wildman–Crippen LogP) is 2.82. The fraction of sp³-hybridized carbons (Fsp3) is 0.647. The van der Waals surface area contributed by atoms with E-state index >= 15 is 0 Å². The molecule has 0 aromatic heterocycles. The molecule has 1 aromatic rings. The summed E-state index contributed by atoms with van der Waals surface area (Å²) in [6.45, 7) is 1.87. The smallest absolute Gasteiger partial charge is 0.241 e. The first-order valence-corrected chi connectivity index (χ1v) is 9.68. The number of primary sulfonamides is 1. The molecule has 3 N–H and O–H groups in total. The second-order valence-electron chi connectivity index (χ2n) is 7.90. The van der Waals surface area contributed by atoms with Gasteiger partial charge in [-0.05, 0) is 80.2 Å². The molecule has 0 aliphatic heterocycles. The van der Waals surface area contributed by atoms with Gasteiger partial charge in [0.2, 0.25) is 10.0 Å². The van der Waals surface area contributed by atoms with E-state index in [1.165, 1.54) is 25.3 Å². The van der Waals surface area contributed by atoms with Gasteiger partial charge in [-0.25, -0.2) is 13.6 Å². The van der Waals surface area contributed by atoms with E-state index in [0.29, 0.717) is 0 Å². The van der Waals surface area contributed by atoms with Crippen LogP contribution in [0, 0.1) is 24.7 Å². The lowest BCUT2D eigenvalue weighted by Gasteiger charge is -2.57. The maximum Gasteiger partial charge on any atom is 0.241 e. The Hall–Kier alpha value is -1.07. The standard InChI is InChI=1S/C17H23NO3S/c1-10-2-14(16(19)15(3-10)22(18,20)21)17-7-11-4-12(8-17)6-13(5-11)9-17/h2-3,11-13,19H,4-9H2,1H3,(H2,18,20,21). The minimum Gasteiger partial charge on any atom is -0.506 e. The van der Waals surface area contributed by atoms with Gasteiger partial charge in [0.15, 0.2) is 0 Å². The first-order valence-electron chi connectivity index (χ1n) is 8.14. The minimum absolute atomic E-state index is 0.0374. The van der Waals surface area contributed by atoms with Crippen molar-refractivity contribution in [1.29, 1.82) is 0 Å². The maximum absolute atomic E-state index is 11.8. The summed E-state index contributed by atoms with van der Waals surface area (Å²) >= 11 is 0. The van der Waals surface area contributed by atoms with E-state index in [0.717, 1.165) is 48.1 Å². The average Bonchev–Trinajstić information content (AvgIpc) is 2.38. The third kappa shape index (κ3) is 2.09. The van der Waals surface area contributed by atoms with E-state index in [4.69, 9.17) is 5.14 Å². The minimum atomic E-state index is -3.90. The zero-order chi connectivity index (χ0) is 15.7. The molecular formula is C17H23NO3S. The van der Waals surface area contributed by atoms with Crippen molar-refractivity contribution < 1.29 is 13.5 Å². The van der Waals surface area contributed by atoms with Crippen molar-refractivity contribution in [1.82, 2.24) is 0 Å². The number of phenolic OH excluding ortho intramolecular Hbond substituents is 1. The van der Waals surface area contributed by atoms with Gasteiger partial charge in [0.1, 0.15) is 10.6 Å². The lowest BCUT2D eigenvalue weighted by molar-refractivity contribution is -0.00631. The first-order chi connectivity index (χ1) is 10.3. The highest BCUT2D eigenvalue weighted by Gasteiger charge is 2.52. The fourth-order valence-corrected chi connectivity index (χ4v) is 6.54. The zero-order valence-corrected chi connectivity index (χ0v) is 13.7. The quantitative estimate of drug-likeness (QED) is 0.879. The monoisotopic (exact) mass is 321 g/mol. The molecule has 4 aliphatic carbocycles. The van der Waals surface area contributed by atoms with E-state index < -0.39 is 10.0 Å². The summed E-state index contributed by atoms with van der Waals surface area (Å²) in [5.74, 6) is 2.12. The van der Waals surface area contributed by atoms with Crippen LogP contribution in [0.15, 0.2) is 17.0 Å². The Morgan fingerprint density at radius 3 is 2.05 bits per heavy atom. The number of sulfonamides is 1. The number of aromatic hydroxyl groups is 1. The highest BCUT2D eigenvalue weighted by molar-refractivity contribution is 7.89. The lowest BCUT2D eigenvalue weighted by atomic mass is 9.48. The van der Waals surface area contributed by atoms with Crippen LogP contribution >= 0.6 is 0 Å². The van der Waals surface area contributed by atoms with Crippen molar-refractivity contribution in [3.05, 3.63) is 23.3 Å². The Balaban J connectivity index is 1.88. The van der Waals surface area contributed by atoms with Crippen molar-refractivity contribution in [2.45, 2.75) is 55.8 Å². The van der Waals surface area contributed by atoms with Gasteiger partial charge in [0.05, 0.1) is 0 Å². The van der Waals surface area contributed by atoms with Crippen LogP contribution in [0.1, 0.15) is 49.7 Å². The Morgan fingerprint density at radius 2 is 1.59 bits per heavy atom. The molecule has 120 valence electrons. The van der Waals surface area contributed by atoms with E-state index in [2.05, 4.69) is 0 Å². The van der Waals surface area contributed by atoms with E-state index in [-0.39, 0.29) is 16.1 Å². The van der Waals surface area contributed by atoms with Crippen molar-refractivity contribution in [2.75, 3.05) is 0 Å². The summed E-state index contributed by atoms with van der Waals surface area (Å²) in [5.41, 5.74) is 1.65. The molecular weight excluding hydrogens is 298 g/mol. The second-order valence-corrected chi connectivity index (χ2v) is 9.43. The van der Waals surface area contributed by atoms with Crippen LogP contribution in [0.3, 0.4) is 0 Å². The van der Waals surface area contributed by atoms with Gasteiger partial charge in [0, 0.05) is 5.56 Å². The van der Waals surface area contributed by atoms with Crippen molar-refractivity contribution in [3.63, 3.8) is 0 Å². The molecule has 0 saturated heterocycles. The Morgan fingerprint density at radius 1 is 1.09 bits per heavy atom. The number of aryl methyl sites for hydroxylation is 1. The molecule has 1 aromatic carbocycles. The van der Waals surface area contributed by atoms with E-state index in [1.807, 2.05) is 13.0 Å². The second kappa shape index (κ2) is 4.48. The molecule has 4 nitrogen and oxygen atoms in total. The largest absolute Gasteiger partial charge is 0.506 e. The molecule has 0 unspecified atom stereocenters. The molecule has 5 rings (SSSR count). The van der Waals surface area contributed by atoms with Crippen LogP contribution in [0.25, 0.3) is 0 Å². The van der Waals surface area contributed by atoms with E-state index in [1.54, 1.807) is 0 Å². The van der Waals surface area contributed by atoms with Crippen LogP contribution in [-0.2, 0) is 15.4 Å².